The van der Waals surface area contributed by atoms with Crippen LogP contribution >= 0.6 is 0 Å². The average Bonchev–Trinajstić information content (AvgIpc) is 1.54. The fourth-order valence-electron chi connectivity index (χ4n) is 13.2. The van der Waals surface area contributed by atoms with Crippen LogP contribution in [0.25, 0.3) is 82.8 Å². The summed E-state index contributed by atoms with van der Waals surface area (Å²) in [7, 11) is 0. The number of rotatable bonds is 9. The van der Waals surface area contributed by atoms with Gasteiger partial charge in [0.2, 0.25) is 0 Å². The summed E-state index contributed by atoms with van der Waals surface area (Å²) in [4.78, 5) is 4.23. The molecule has 0 radical (unpaired) electrons. The summed E-state index contributed by atoms with van der Waals surface area (Å²) in [5.41, 5.74) is 20.4. The van der Waals surface area contributed by atoms with E-state index < -0.39 is 5.41 Å². The molecule has 0 unspecified atom stereocenters. The predicted octanol–water partition coefficient (Wildman–Crippen LogP) is 20.6. The highest BCUT2D eigenvalue weighted by molar-refractivity contribution is 6.11. The minimum atomic E-state index is -0.537. The minimum absolute atomic E-state index is 0.110. The summed E-state index contributed by atoms with van der Waals surface area (Å²) in [5.74, 6) is 0. The Morgan fingerprint density at radius 1 is 0.275 bits per heavy atom. The van der Waals surface area contributed by atoms with Crippen molar-refractivity contribution in [2.75, 3.05) is 9.80 Å². The van der Waals surface area contributed by atoms with Crippen molar-refractivity contribution in [2.45, 2.75) is 5.41 Å². The third kappa shape index (κ3) is 7.07. The van der Waals surface area contributed by atoms with Crippen LogP contribution in [0.15, 0.2) is 309 Å². The van der Waals surface area contributed by atoms with Gasteiger partial charge in [-0.25, -0.2) is 0 Å². The van der Waals surface area contributed by atoms with Crippen molar-refractivity contribution in [2.24, 2.45) is 0 Å². The van der Waals surface area contributed by atoms with Gasteiger partial charge in [0.1, 0.15) is 0 Å². The zero-order valence-electron chi connectivity index (χ0n) is 47.5. The first kappa shape index (κ1) is 41.7. The maximum absolute atomic E-state index is 9.68. The Kier molecular flexibility index (Phi) is 9.55. The summed E-state index contributed by atoms with van der Waals surface area (Å²) >= 11 is 0. The van der Waals surface area contributed by atoms with Gasteiger partial charge in [0, 0.05) is 50.6 Å². The molecule has 374 valence electrons. The molecule has 3 nitrogen and oxygen atoms in total. The Bertz CT molecular complexity index is 4880. The number of anilines is 6. The number of hydrogen-bond donors (Lipinski definition) is 0. The van der Waals surface area contributed by atoms with Gasteiger partial charge in [-0.1, -0.05) is 206 Å². The molecule has 0 amide bonds. The van der Waals surface area contributed by atoms with E-state index in [0.717, 1.165) is 72.4 Å². The van der Waals surface area contributed by atoms with Crippen molar-refractivity contribution in [3.63, 3.8) is 0 Å². The number of hydrogen-bond acceptors (Lipinski definition) is 2. The van der Waals surface area contributed by atoms with Gasteiger partial charge in [0.25, 0.3) is 0 Å². The first-order valence-corrected chi connectivity index (χ1v) is 27.3. The lowest BCUT2D eigenvalue weighted by atomic mass is 9.70. The van der Waals surface area contributed by atoms with E-state index in [1.54, 1.807) is 0 Å². The van der Waals surface area contributed by atoms with Crippen molar-refractivity contribution in [3.8, 4) is 50.2 Å². The van der Waals surface area contributed by atoms with Crippen LogP contribution in [-0.2, 0) is 5.41 Å². The summed E-state index contributed by atoms with van der Waals surface area (Å²) < 4.78 is 41.0. The largest absolute Gasteiger partial charge is 0.310 e. The number of aromatic nitrogens is 1. The number of fused-ring (bicyclic) bond motifs is 14. The Hall–Kier alpha value is -10.5. The molecule has 0 N–H and O–H groups in total. The van der Waals surface area contributed by atoms with Crippen LogP contribution in [-0.4, -0.2) is 4.57 Å². The van der Waals surface area contributed by atoms with Gasteiger partial charge in [-0.15, -0.1) is 0 Å². The molecule has 1 aromatic heterocycles. The maximum Gasteiger partial charge on any atom is 0.0726 e. The summed E-state index contributed by atoms with van der Waals surface area (Å²) in [5, 5.41) is 4.18. The molecule has 3 heteroatoms. The molecule has 1 spiro atoms. The SMILES string of the molecule is [2H]c1c([2H])c(N(c2ccccc2)c2cccc(-c3ccccc3)c2)c([2H])c([2H])c1-c1ccc2cc(N(c3ccc4c(c3)C3(c5ccccc5-c5ccccc53)c3ccccc3-4)c3ccc4c(c3)c3ccccc3n4-c3ccccc3)ccc2c1. The smallest absolute Gasteiger partial charge is 0.0726 e. The van der Waals surface area contributed by atoms with Crippen LogP contribution in [0.1, 0.15) is 27.7 Å². The second-order valence-electron chi connectivity index (χ2n) is 20.9. The fourth-order valence-corrected chi connectivity index (χ4v) is 13.2. The lowest BCUT2D eigenvalue weighted by Crippen LogP contribution is -2.26. The number of benzene rings is 13. The Balaban J connectivity index is 0.856. The monoisotopic (exact) mass is 1020 g/mol. The molecule has 0 aliphatic heterocycles. The number of nitrogens with zero attached hydrogens (tertiary/aromatic N) is 3. The van der Waals surface area contributed by atoms with Crippen LogP contribution in [0.3, 0.4) is 0 Å². The van der Waals surface area contributed by atoms with E-state index in [0.29, 0.717) is 5.56 Å². The van der Waals surface area contributed by atoms with Gasteiger partial charge < -0.3 is 14.4 Å². The third-order valence-corrected chi connectivity index (χ3v) is 16.6. The van der Waals surface area contributed by atoms with Gasteiger partial charge in [0.05, 0.1) is 21.9 Å². The Morgan fingerprint density at radius 3 is 1.49 bits per heavy atom. The van der Waals surface area contributed by atoms with Crippen LogP contribution < -0.4 is 9.80 Å². The third-order valence-electron chi connectivity index (χ3n) is 16.6. The quantitative estimate of drug-likeness (QED) is 0.143. The van der Waals surface area contributed by atoms with E-state index in [2.05, 4.69) is 210 Å². The molecule has 14 aromatic rings. The fraction of sp³-hybridized carbons (Fsp3) is 0.0130. The van der Waals surface area contributed by atoms with Crippen LogP contribution in [0, 0.1) is 0 Å². The van der Waals surface area contributed by atoms with Gasteiger partial charge in [-0.3, -0.25) is 0 Å². The summed E-state index contributed by atoms with van der Waals surface area (Å²) in [6, 6.07) is 99.7. The molecule has 16 rings (SSSR count). The molecule has 1 heterocycles. The molecule has 2 aliphatic carbocycles. The molecule has 0 fully saturated rings. The minimum Gasteiger partial charge on any atom is -0.310 e. The second kappa shape index (κ2) is 18.3. The van der Waals surface area contributed by atoms with Gasteiger partial charge >= 0.3 is 0 Å². The van der Waals surface area contributed by atoms with Crippen LogP contribution in [0.5, 0.6) is 0 Å². The first-order valence-electron chi connectivity index (χ1n) is 29.3. The number of para-hydroxylation sites is 3. The highest BCUT2D eigenvalue weighted by Crippen LogP contribution is 2.63. The lowest BCUT2D eigenvalue weighted by Gasteiger charge is -2.32. The Labute approximate surface area is 471 Å². The zero-order chi connectivity index (χ0) is 56.2. The highest BCUT2D eigenvalue weighted by atomic mass is 15.1. The standard InChI is InChI=1S/C77H51N3/c1-4-19-52(20-5-1)54-21-18-26-61(48-54)78(58-22-6-2-7-23-58)60-40-37-53(38-41-60)55-35-36-57-49-62(42-39-56(57)47-55)79(63-44-46-76-70(50-63)69-30-13-17-34-75(69)80(76)59-24-8-3-9-25-59)64-43-45-68-67-29-12-16-33-73(67)77(74(68)51-64)71-31-14-10-27-65(71)66-28-11-15-32-72(66)77/h1-51H/i37D,38D,40D,41D. The zero-order valence-corrected chi connectivity index (χ0v) is 43.5. The maximum atomic E-state index is 9.68. The summed E-state index contributed by atoms with van der Waals surface area (Å²) in [6.45, 7) is 0. The lowest BCUT2D eigenvalue weighted by molar-refractivity contribution is 0.793. The second-order valence-corrected chi connectivity index (χ2v) is 20.9. The van der Waals surface area contributed by atoms with E-state index in [4.69, 9.17) is 0 Å². The molecule has 0 saturated heterocycles. The molecular formula is C77H51N3. The molecule has 2 aliphatic rings. The van der Waals surface area contributed by atoms with Crippen molar-refractivity contribution >= 4 is 66.7 Å². The molecule has 13 aromatic carbocycles. The van der Waals surface area contributed by atoms with E-state index in [9.17, 15) is 5.48 Å². The molecule has 0 saturated carbocycles. The van der Waals surface area contributed by atoms with Crippen molar-refractivity contribution in [1.29, 1.82) is 0 Å². The van der Waals surface area contributed by atoms with Crippen molar-refractivity contribution in [3.05, 3.63) is 332 Å². The first-order chi connectivity index (χ1) is 41.3. The van der Waals surface area contributed by atoms with Gasteiger partial charge in [-0.05, 0) is 181 Å². The topological polar surface area (TPSA) is 11.4 Å². The van der Waals surface area contributed by atoms with Crippen LogP contribution in [0.2, 0.25) is 0 Å². The van der Waals surface area contributed by atoms with Crippen LogP contribution in [0.4, 0.5) is 34.1 Å². The van der Waals surface area contributed by atoms with Crippen molar-refractivity contribution < 1.29 is 5.48 Å². The average molecular weight is 1020 g/mol. The van der Waals surface area contributed by atoms with Gasteiger partial charge in [-0.2, -0.15) is 0 Å². The molecule has 80 heavy (non-hydrogen) atoms. The molecular weight excluding hydrogens is 967 g/mol. The van der Waals surface area contributed by atoms with E-state index in [1.165, 1.54) is 49.9 Å². The van der Waals surface area contributed by atoms with E-state index in [1.807, 2.05) is 89.8 Å². The molecule has 0 atom stereocenters. The predicted molar refractivity (Wildman–Crippen MR) is 335 cm³/mol. The highest BCUT2D eigenvalue weighted by Gasteiger charge is 2.51. The van der Waals surface area contributed by atoms with Crippen molar-refractivity contribution in [1.82, 2.24) is 4.57 Å². The molecule has 0 bridgehead atoms. The summed E-state index contributed by atoms with van der Waals surface area (Å²) in [6.07, 6.45) is 0. The normalized spacial score (nSPS) is 13.3. The Morgan fingerprint density at radius 2 is 0.762 bits per heavy atom. The van der Waals surface area contributed by atoms with Gasteiger partial charge in [0.15, 0.2) is 0 Å². The van der Waals surface area contributed by atoms with E-state index >= 15 is 0 Å². The van der Waals surface area contributed by atoms with E-state index in [-0.39, 0.29) is 35.4 Å².